The van der Waals surface area contributed by atoms with Crippen molar-refractivity contribution in [3.05, 3.63) is 28.3 Å². The molecule has 0 heterocycles. The third-order valence-corrected chi connectivity index (χ3v) is 2.99. The number of nitrogens with one attached hydrogen (secondary N) is 1. The minimum absolute atomic E-state index is 0.365. The average Bonchev–Trinajstić information content (AvgIpc) is 2.21. The SMILES string of the molecule is Cc1cc(C)c(C)c(NC(=O)C(C)O)c1C. The fourth-order valence-electron chi connectivity index (χ4n) is 1.63. The monoisotopic (exact) mass is 221 g/mol. The molecule has 16 heavy (non-hydrogen) atoms. The molecule has 0 radical (unpaired) electrons. The first-order chi connectivity index (χ1) is 7.34. The minimum atomic E-state index is -0.986. The normalized spacial score (nSPS) is 12.4. The summed E-state index contributed by atoms with van der Waals surface area (Å²) in [6.07, 6.45) is -0.986. The molecule has 3 nitrogen and oxygen atoms in total. The molecule has 1 atom stereocenters. The van der Waals surface area contributed by atoms with Gasteiger partial charge in [-0.1, -0.05) is 6.07 Å². The van der Waals surface area contributed by atoms with Gasteiger partial charge in [0.1, 0.15) is 6.10 Å². The average molecular weight is 221 g/mol. The number of benzene rings is 1. The predicted octanol–water partition coefficient (Wildman–Crippen LogP) is 2.24. The number of rotatable bonds is 2. The Morgan fingerprint density at radius 2 is 1.62 bits per heavy atom. The molecule has 1 aromatic rings. The van der Waals surface area contributed by atoms with Crippen LogP contribution in [0.15, 0.2) is 6.07 Å². The van der Waals surface area contributed by atoms with Crippen LogP contribution in [0.4, 0.5) is 5.69 Å². The Morgan fingerprint density at radius 3 is 2.00 bits per heavy atom. The Balaban J connectivity index is 3.18. The Bertz CT molecular complexity index is 396. The molecular formula is C13H19NO2. The Morgan fingerprint density at radius 1 is 1.19 bits per heavy atom. The van der Waals surface area contributed by atoms with Crippen molar-refractivity contribution in [3.8, 4) is 0 Å². The number of hydrogen-bond donors (Lipinski definition) is 2. The maximum atomic E-state index is 11.5. The highest BCUT2D eigenvalue weighted by atomic mass is 16.3. The molecule has 1 unspecified atom stereocenters. The predicted molar refractivity (Wildman–Crippen MR) is 65.7 cm³/mol. The highest BCUT2D eigenvalue weighted by molar-refractivity contribution is 5.95. The Labute approximate surface area is 96.5 Å². The molecule has 1 amide bonds. The van der Waals surface area contributed by atoms with E-state index in [-0.39, 0.29) is 5.91 Å². The molecule has 0 aromatic heterocycles. The van der Waals surface area contributed by atoms with E-state index < -0.39 is 6.10 Å². The Hall–Kier alpha value is -1.35. The molecule has 1 aromatic carbocycles. The second-order valence-corrected chi connectivity index (χ2v) is 4.30. The van der Waals surface area contributed by atoms with Crippen LogP contribution in [0.1, 0.15) is 29.2 Å². The van der Waals surface area contributed by atoms with E-state index in [1.807, 2.05) is 27.7 Å². The number of aliphatic hydroxyl groups is 1. The van der Waals surface area contributed by atoms with Crippen molar-refractivity contribution in [1.82, 2.24) is 0 Å². The fraction of sp³-hybridized carbons (Fsp3) is 0.462. The summed E-state index contributed by atoms with van der Waals surface area (Å²) in [7, 11) is 0. The number of carbonyl (C=O) groups is 1. The topological polar surface area (TPSA) is 49.3 Å². The van der Waals surface area contributed by atoms with E-state index in [1.54, 1.807) is 0 Å². The first kappa shape index (κ1) is 12.7. The number of aliphatic hydroxyl groups excluding tert-OH is 1. The van der Waals surface area contributed by atoms with E-state index in [9.17, 15) is 9.90 Å². The van der Waals surface area contributed by atoms with E-state index in [2.05, 4.69) is 11.4 Å². The minimum Gasteiger partial charge on any atom is -0.384 e. The van der Waals surface area contributed by atoms with Crippen molar-refractivity contribution in [2.45, 2.75) is 40.7 Å². The van der Waals surface area contributed by atoms with Gasteiger partial charge < -0.3 is 10.4 Å². The van der Waals surface area contributed by atoms with Crippen LogP contribution in [0.3, 0.4) is 0 Å². The summed E-state index contributed by atoms with van der Waals surface area (Å²) in [5.74, 6) is -0.365. The van der Waals surface area contributed by atoms with Gasteiger partial charge >= 0.3 is 0 Å². The summed E-state index contributed by atoms with van der Waals surface area (Å²) in [6, 6.07) is 2.10. The van der Waals surface area contributed by atoms with Crippen LogP contribution >= 0.6 is 0 Å². The number of aryl methyl sites for hydroxylation is 2. The Kier molecular flexibility index (Phi) is 3.70. The molecule has 2 N–H and O–H groups in total. The highest BCUT2D eigenvalue weighted by Crippen LogP contribution is 2.26. The summed E-state index contributed by atoms with van der Waals surface area (Å²) < 4.78 is 0. The first-order valence-corrected chi connectivity index (χ1v) is 5.41. The molecule has 0 fully saturated rings. The maximum Gasteiger partial charge on any atom is 0.252 e. The molecule has 0 aliphatic heterocycles. The van der Waals surface area contributed by atoms with Gasteiger partial charge in [0.05, 0.1) is 0 Å². The fourth-order valence-corrected chi connectivity index (χ4v) is 1.63. The smallest absolute Gasteiger partial charge is 0.252 e. The number of hydrogen-bond acceptors (Lipinski definition) is 2. The van der Waals surface area contributed by atoms with Crippen molar-refractivity contribution in [1.29, 1.82) is 0 Å². The third-order valence-electron chi connectivity index (χ3n) is 2.99. The van der Waals surface area contributed by atoms with Crippen LogP contribution in [-0.4, -0.2) is 17.1 Å². The molecule has 88 valence electrons. The zero-order valence-electron chi connectivity index (χ0n) is 10.5. The largest absolute Gasteiger partial charge is 0.384 e. The van der Waals surface area contributed by atoms with Crippen molar-refractivity contribution in [2.24, 2.45) is 0 Å². The van der Waals surface area contributed by atoms with Crippen LogP contribution in [0.5, 0.6) is 0 Å². The van der Waals surface area contributed by atoms with Gasteiger partial charge in [-0.15, -0.1) is 0 Å². The lowest BCUT2D eigenvalue weighted by Gasteiger charge is -2.16. The molecule has 0 spiro atoms. The van der Waals surface area contributed by atoms with E-state index in [0.29, 0.717) is 0 Å². The van der Waals surface area contributed by atoms with Crippen molar-refractivity contribution >= 4 is 11.6 Å². The van der Waals surface area contributed by atoms with E-state index >= 15 is 0 Å². The lowest BCUT2D eigenvalue weighted by atomic mass is 9.98. The second-order valence-electron chi connectivity index (χ2n) is 4.30. The van der Waals surface area contributed by atoms with Crippen LogP contribution in [0.2, 0.25) is 0 Å². The standard InChI is InChI=1S/C13H19NO2/c1-7-6-8(2)10(4)12(9(7)3)14-13(16)11(5)15/h6,11,15H,1-5H3,(H,14,16). The summed E-state index contributed by atoms with van der Waals surface area (Å²) in [5.41, 5.74) is 5.21. The number of anilines is 1. The third kappa shape index (κ3) is 2.42. The molecule has 1 rings (SSSR count). The van der Waals surface area contributed by atoms with Crippen LogP contribution in [0, 0.1) is 27.7 Å². The van der Waals surface area contributed by atoms with E-state index in [0.717, 1.165) is 27.9 Å². The van der Waals surface area contributed by atoms with Crippen molar-refractivity contribution in [2.75, 3.05) is 5.32 Å². The number of carbonyl (C=O) groups excluding carboxylic acids is 1. The van der Waals surface area contributed by atoms with Gasteiger partial charge in [-0.25, -0.2) is 0 Å². The van der Waals surface area contributed by atoms with Gasteiger partial charge in [-0.05, 0) is 56.9 Å². The molecule has 0 aliphatic rings. The molecule has 0 bridgehead atoms. The van der Waals surface area contributed by atoms with E-state index in [4.69, 9.17) is 0 Å². The van der Waals surface area contributed by atoms with Crippen LogP contribution in [-0.2, 0) is 4.79 Å². The van der Waals surface area contributed by atoms with Crippen LogP contribution < -0.4 is 5.32 Å². The van der Waals surface area contributed by atoms with Crippen molar-refractivity contribution < 1.29 is 9.90 Å². The van der Waals surface area contributed by atoms with Gasteiger partial charge in [0, 0.05) is 5.69 Å². The summed E-state index contributed by atoms with van der Waals surface area (Å²) in [5, 5.41) is 12.0. The van der Waals surface area contributed by atoms with Gasteiger partial charge in [-0.3, -0.25) is 4.79 Å². The molecule has 3 heteroatoms. The summed E-state index contributed by atoms with van der Waals surface area (Å²) in [4.78, 5) is 11.5. The van der Waals surface area contributed by atoms with Gasteiger partial charge in [0.2, 0.25) is 0 Å². The van der Waals surface area contributed by atoms with Gasteiger partial charge in [0.25, 0.3) is 5.91 Å². The second kappa shape index (κ2) is 4.66. The zero-order valence-corrected chi connectivity index (χ0v) is 10.5. The van der Waals surface area contributed by atoms with Gasteiger partial charge in [-0.2, -0.15) is 0 Å². The zero-order chi connectivity index (χ0) is 12.5. The summed E-state index contributed by atoms with van der Waals surface area (Å²) >= 11 is 0. The summed E-state index contributed by atoms with van der Waals surface area (Å²) in [6.45, 7) is 9.43. The molecule has 0 saturated heterocycles. The molecule has 0 aliphatic carbocycles. The lowest BCUT2D eigenvalue weighted by molar-refractivity contribution is -0.123. The number of amides is 1. The first-order valence-electron chi connectivity index (χ1n) is 5.41. The molecule has 0 saturated carbocycles. The van der Waals surface area contributed by atoms with E-state index in [1.165, 1.54) is 6.92 Å². The van der Waals surface area contributed by atoms with Crippen LogP contribution in [0.25, 0.3) is 0 Å². The highest BCUT2D eigenvalue weighted by Gasteiger charge is 2.14. The quantitative estimate of drug-likeness (QED) is 0.804. The van der Waals surface area contributed by atoms with Gasteiger partial charge in [0.15, 0.2) is 0 Å². The van der Waals surface area contributed by atoms with Crippen molar-refractivity contribution in [3.63, 3.8) is 0 Å². The molecular weight excluding hydrogens is 202 g/mol. The maximum absolute atomic E-state index is 11.5. The lowest BCUT2D eigenvalue weighted by Crippen LogP contribution is -2.25.